The predicted octanol–water partition coefficient (Wildman–Crippen LogP) is 2.18. The van der Waals surface area contributed by atoms with E-state index in [4.69, 9.17) is 14.7 Å². The summed E-state index contributed by atoms with van der Waals surface area (Å²) in [7, 11) is -3.17. The molecule has 2 aliphatic heterocycles. The Morgan fingerprint density at radius 2 is 1.88 bits per heavy atom. The van der Waals surface area contributed by atoms with Gasteiger partial charge in [-0.05, 0) is 31.9 Å². The first-order valence-corrected chi connectivity index (χ1v) is 12.9. The fourth-order valence-corrected chi connectivity index (χ4v) is 5.45. The van der Waals surface area contributed by atoms with Gasteiger partial charge in [0.25, 0.3) is 0 Å². The van der Waals surface area contributed by atoms with Crippen LogP contribution in [0.4, 0.5) is 5.82 Å². The highest BCUT2D eigenvalue weighted by molar-refractivity contribution is 7.88. The molecule has 1 atom stereocenters. The molecular formula is C22H28N6O3S. The number of anilines is 1. The zero-order valence-electron chi connectivity index (χ0n) is 18.4. The van der Waals surface area contributed by atoms with Crippen molar-refractivity contribution >= 4 is 26.9 Å². The molecule has 5 rings (SSSR count). The van der Waals surface area contributed by atoms with Gasteiger partial charge in [0.05, 0.1) is 42.2 Å². The lowest BCUT2D eigenvalue weighted by atomic mass is 9.94. The normalized spacial score (nSPS) is 21.3. The van der Waals surface area contributed by atoms with E-state index >= 15 is 0 Å². The van der Waals surface area contributed by atoms with Crippen LogP contribution in [0, 0.1) is 0 Å². The summed E-state index contributed by atoms with van der Waals surface area (Å²) in [6.45, 7) is 5.27. The molecule has 0 saturated carbocycles. The van der Waals surface area contributed by atoms with E-state index in [-0.39, 0.29) is 12.0 Å². The number of morpholine rings is 1. The van der Waals surface area contributed by atoms with Crippen LogP contribution in [-0.4, -0.2) is 77.4 Å². The van der Waals surface area contributed by atoms with E-state index in [0.717, 1.165) is 41.9 Å². The van der Waals surface area contributed by atoms with E-state index in [1.807, 2.05) is 28.8 Å². The van der Waals surface area contributed by atoms with Gasteiger partial charge in [0.2, 0.25) is 16.0 Å². The Bertz CT molecular complexity index is 1220. The van der Waals surface area contributed by atoms with E-state index in [1.54, 1.807) is 10.6 Å². The molecule has 2 saturated heterocycles. The van der Waals surface area contributed by atoms with Crippen molar-refractivity contribution in [2.75, 3.05) is 44.0 Å². The van der Waals surface area contributed by atoms with E-state index in [2.05, 4.69) is 22.9 Å². The van der Waals surface area contributed by atoms with E-state index in [9.17, 15) is 8.42 Å². The van der Waals surface area contributed by atoms with E-state index in [0.29, 0.717) is 32.3 Å². The van der Waals surface area contributed by atoms with Gasteiger partial charge in [-0.3, -0.25) is 4.57 Å². The second kappa shape index (κ2) is 8.42. The van der Waals surface area contributed by atoms with E-state index in [1.165, 1.54) is 6.26 Å². The first-order valence-electron chi connectivity index (χ1n) is 11.0. The minimum Gasteiger partial charge on any atom is -0.377 e. The summed E-state index contributed by atoms with van der Waals surface area (Å²) in [6, 6.07) is 10.2. The zero-order valence-corrected chi connectivity index (χ0v) is 19.2. The molecule has 170 valence electrons. The van der Waals surface area contributed by atoms with Crippen molar-refractivity contribution in [3.63, 3.8) is 0 Å². The Morgan fingerprint density at radius 3 is 2.62 bits per heavy atom. The monoisotopic (exact) mass is 456 g/mol. The number of nitrogens with zero attached hydrogens (tertiary/aromatic N) is 6. The Labute approximate surface area is 188 Å². The van der Waals surface area contributed by atoms with Crippen LogP contribution in [0.25, 0.3) is 17.0 Å². The van der Waals surface area contributed by atoms with Crippen LogP contribution in [-0.2, 0) is 14.8 Å². The number of hydrogen-bond acceptors (Lipinski definition) is 7. The third-order valence-corrected chi connectivity index (χ3v) is 7.70. The molecule has 2 aromatic heterocycles. The van der Waals surface area contributed by atoms with Gasteiger partial charge >= 0.3 is 0 Å². The van der Waals surface area contributed by atoms with Gasteiger partial charge in [0.1, 0.15) is 12.1 Å². The molecule has 1 aromatic carbocycles. The fraction of sp³-hybridized carbons (Fsp3) is 0.500. The van der Waals surface area contributed by atoms with Gasteiger partial charge < -0.3 is 9.64 Å². The molecule has 2 aliphatic rings. The molecule has 0 amide bonds. The Kier molecular flexibility index (Phi) is 5.60. The standard InChI is InChI=1S/C22H28N6O3S/c1-16-14-31-12-11-27(16)21-13-19(17-7-9-26(10-8-17)32(2,29)30)24-22(25-21)28-15-23-18-5-3-4-6-20(18)28/h3-6,13,15-17H,7-12,14H2,1-2H3/t16-/m1/s1. The molecule has 32 heavy (non-hydrogen) atoms. The summed E-state index contributed by atoms with van der Waals surface area (Å²) < 4.78 is 33.0. The second-order valence-corrected chi connectivity index (χ2v) is 10.6. The molecule has 0 spiro atoms. The van der Waals surface area contributed by atoms with Crippen LogP contribution in [0.15, 0.2) is 36.7 Å². The highest BCUT2D eigenvalue weighted by atomic mass is 32.2. The highest BCUT2D eigenvalue weighted by Gasteiger charge is 2.29. The predicted molar refractivity (Wildman–Crippen MR) is 123 cm³/mol. The lowest BCUT2D eigenvalue weighted by molar-refractivity contribution is 0.0985. The summed E-state index contributed by atoms with van der Waals surface area (Å²) in [5, 5.41) is 0. The summed E-state index contributed by atoms with van der Waals surface area (Å²) in [4.78, 5) is 16.6. The fourth-order valence-electron chi connectivity index (χ4n) is 4.57. The summed E-state index contributed by atoms with van der Waals surface area (Å²) in [6.07, 6.45) is 4.53. The minimum absolute atomic E-state index is 0.180. The number of aromatic nitrogens is 4. The number of piperidine rings is 1. The van der Waals surface area contributed by atoms with Crippen molar-refractivity contribution < 1.29 is 13.2 Å². The number of rotatable bonds is 4. The van der Waals surface area contributed by atoms with Crippen LogP contribution in [0.3, 0.4) is 0 Å². The number of imidazole rings is 1. The molecule has 2 fully saturated rings. The van der Waals surface area contributed by atoms with Crippen LogP contribution >= 0.6 is 0 Å². The third kappa shape index (κ3) is 4.10. The topological polar surface area (TPSA) is 93.5 Å². The molecule has 0 aliphatic carbocycles. The SMILES string of the molecule is C[C@@H]1COCCN1c1cc(C2CCN(S(C)(=O)=O)CC2)nc(-n2cnc3ccccc32)n1. The number of ether oxygens (including phenoxy) is 1. The number of sulfonamides is 1. The van der Waals surface area contributed by atoms with E-state index < -0.39 is 10.0 Å². The molecular weight excluding hydrogens is 428 g/mol. The molecule has 0 unspecified atom stereocenters. The van der Waals surface area contributed by atoms with Crippen molar-refractivity contribution in [3.8, 4) is 5.95 Å². The highest BCUT2D eigenvalue weighted by Crippen LogP contribution is 2.31. The summed E-state index contributed by atoms with van der Waals surface area (Å²) in [5.41, 5.74) is 2.80. The molecule has 10 heteroatoms. The molecule has 9 nitrogen and oxygen atoms in total. The number of benzene rings is 1. The Hall–Kier alpha value is -2.56. The van der Waals surface area contributed by atoms with Crippen LogP contribution in [0.2, 0.25) is 0 Å². The average Bonchev–Trinajstić information content (AvgIpc) is 3.23. The maximum atomic E-state index is 11.9. The third-order valence-electron chi connectivity index (χ3n) is 6.39. The van der Waals surface area contributed by atoms with Crippen LogP contribution in [0.5, 0.6) is 0 Å². The molecule has 3 aromatic rings. The number of para-hydroxylation sites is 2. The maximum absolute atomic E-state index is 11.9. The first kappa shape index (κ1) is 21.3. The minimum atomic E-state index is -3.17. The van der Waals surface area contributed by atoms with Crippen molar-refractivity contribution in [3.05, 3.63) is 42.4 Å². The lowest BCUT2D eigenvalue weighted by Gasteiger charge is -2.35. The van der Waals surface area contributed by atoms with Gasteiger partial charge in [-0.2, -0.15) is 4.98 Å². The second-order valence-electron chi connectivity index (χ2n) is 8.61. The van der Waals surface area contributed by atoms with Crippen LogP contribution in [0.1, 0.15) is 31.4 Å². The Morgan fingerprint density at radius 1 is 1.09 bits per heavy atom. The molecule has 0 radical (unpaired) electrons. The van der Waals surface area contributed by atoms with Gasteiger partial charge in [0, 0.05) is 31.6 Å². The van der Waals surface area contributed by atoms with Crippen molar-refractivity contribution in [2.24, 2.45) is 0 Å². The number of hydrogen-bond donors (Lipinski definition) is 0. The van der Waals surface area contributed by atoms with Crippen molar-refractivity contribution in [2.45, 2.75) is 31.7 Å². The van der Waals surface area contributed by atoms with Crippen molar-refractivity contribution in [1.82, 2.24) is 23.8 Å². The van der Waals surface area contributed by atoms with Crippen molar-refractivity contribution in [1.29, 1.82) is 0 Å². The first-order chi connectivity index (χ1) is 15.4. The van der Waals surface area contributed by atoms with Gasteiger partial charge in [-0.25, -0.2) is 22.7 Å². The molecule has 0 bridgehead atoms. The molecule has 4 heterocycles. The van der Waals surface area contributed by atoms with Gasteiger partial charge in [0.15, 0.2) is 0 Å². The van der Waals surface area contributed by atoms with Gasteiger partial charge in [-0.1, -0.05) is 12.1 Å². The summed E-state index contributed by atoms with van der Waals surface area (Å²) >= 11 is 0. The maximum Gasteiger partial charge on any atom is 0.237 e. The van der Waals surface area contributed by atoms with Gasteiger partial charge in [-0.15, -0.1) is 0 Å². The van der Waals surface area contributed by atoms with Crippen LogP contribution < -0.4 is 4.90 Å². The Balaban J connectivity index is 1.54. The largest absolute Gasteiger partial charge is 0.377 e. The average molecular weight is 457 g/mol. The zero-order chi connectivity index (χ0) is 22.3. The quantitative estimate of drug-likeness (QED) is 0.594. The smallest absolute Gasteiger partial charge is 0.237 e. The summed E-state index contributed by atoms with van der Waals surface area (Å²) in [5.74, 6) is 1.65. The lowest BCUT2D eigenvalue weighted by Crippen LogP contribution is -2.44. The number of fused-ring (bicyclic) bond motifs is 1. The molecule has 0 N–H and O–H groups in total.